The molecule has 2 aromatic carbocycles. The molecule has 0 spiro atoms. The Balaban J connectivity index is 1.30. The van der Waals surface area contributed by atoms with Crippen molar-refractivity contribution in [3.8, 4) is 5.75 Å². The van der Waals surface area contributed by atoms with E-state index in [1.54, 1.807) is 4.90 Å². The number of aryl methyl sites for hydroxylation is 1. The maximum absolute atomic E-state index is 13.4. The van der Waals surface area contributed by atoms with Crippen molar-refractivity contribution < 1.29 is 19.4 Å². The average Bonchev–Trinajstić information content (AvgIpc) is 3.17. The molecule has 5 rings (SSSR count). The third-order valence-corrected chi connectivity index (χ3v) is 7.53. The van der Waals surface area contributed by atoms with Crippen LogP contribution in [0.2, 0.25) is 0 Å². The number of carbonyl (C=O) groups is 2. The number of hydrogen-bond acceptors (Lipinski definition) is 5. The number of nitrogens with two attached hydrogens (primary N) is 1. The average molecular weight is 474 g/mol. The molecule has 1 aromatic heterocycles. The van der Waals surface area contributed by atoms with Gasteiger partial charge in [-0.2, -0.15) is 0 Å². The van der Waals surface area contributed by atoms with E-state index < -0.39 is 17.4 Å². The minimum Gasteiger partial charge on any atom is -0.489 e. The van der Waals surface area contributed by atoms with Crippen molar-refractivity contribution in [2.45, 2.75) is 57.2 Å². The number of ether oxygens (including phenoxy) is 1. The Hall–Kier alpha value is -3.45. The summed E-state index contributed by atoms with van der Waals surface area (Å²) >= 11 is 0. The molecule has 3 atom stereocenters. The maximum Gasteiger partial charge on any atom is 0.308 e. The number of carboxylic acid groups (broad SMARTS) is 1. The molecule has 1 saturated heterocycles. The molecule has 7 nitrogen and oxygen atoms in total. The van der Waals surface area contributed by atoms with Crippen LogP contribution in [0.5, 0.6) is 5.75 Å². The number of benzene rings is 2. The molecule has 0 bridgehead atoms. The van der Waals surface area contributed by atoms with Gasteiger partial charge >= 0.3 is 5.97 Å². The number of aliphatic carboxylic acids is 1. The van der Waals surface area contributed by atoms with Crippen LogP contribution in [0.1, 0.15) is 48.9 Å². The van der Waals surface area contributed by atoms with E-state index in [9.17, 15) is 14.7 Å². The Morgan fingerprint density at radius 1 is 1.17 bits per heavy atom. The van der Waals surface area contributed by atoms with Gasteiger partial charge in [0.15, 0.2) is 0 Å². The number of carbonyl (C=O) groups excluding carboxylic acids is 1. The smallest absolute Gasteiger partial charge is 0.308 e. The van der Waals surface area contributed by atoms with Crippen molar-refractivity contribution in [2.75, 3.05) is 6.54 Å². The molecule has 2 aliphatic rings. The van der Waals surface area contributed by atoms with Gasteiger partial charge in [-0.05, 0) is 56.0 Å². The number of aromatic nitrogens is 1. The molecule has 1 aliphatic heterocycles. The van der Waals surface area contributed by atoms with E-state index in [1.807, 2.05) is 61.5 Å². The molecule has 182 valence electrons. The van der Waals surface area contributed by atoms with Crippen LogP contribution in [0.15, 0.2) is 54.6 Å². The first-order chi connectivity index (χ1) is 16.9. The number of likely N-dealkylation sites (tertiary alicyclic amines) is 1. The summed E-state index contributed by atoms with van der Waals surface area (Å²) in [7, 11) is 0. The van der Waals surface area contributed by atoms with Gasteiger partial charge in [0.1, 0.15) is 17.9 Å². The van der Waals surface area contributed by atoms with Crippen molar-refractivity contribution in [3.63, 3.8) is 0 Å². The molecule has 1 saturated carbocycles. The summed E-state index contributed by atoms with van der Waals surface area (Å²) in [4.78, 5) is 31.5. The van der Waals surface area contributed by atoms with Crippen molar-refractivity contribution in [1.29, 1.82) is 0 Å². The van der Waals surface area contributed by atoms with Crippen LogP contribution in [-0.2, 0) is 21.7 Å². The van der Waals surface area contributed by atoms with Crippen molar-refractivity contribution >= 4 is 22.8 Å². The van der Waals surface area contributed by atoms with Crippen LogP contribution in [0.3, 0.4) is 0 Å². The summed E-state index contributed by atoms with van der Waals surface area (Å²) < 4.78 is 6.06. The van der Waals surface area contributed by atoms with Gasteiger partial charge in [-0.15, -0.1) is 0 Å². The topological polar surface area (TPSA) is 106 Å². The first-order valence-electron chi connectivity index (χ1n) is 12.3. The number of fused-ring (bicyclic) bond motifs is 1. The monoisotopic (exact) mass is 473 g/mol. The van der Waals surface area contributed by atoms with Gasteiger partial charge < -0.3 is 20.5 Å². The zero-order valence-electron chi connectivity index (χ0n) is 19.9. The van der Waals surface area contributed by atoms with Crippen molar-refractivity contribution in [1.82, 2.24) is 9.88 Å². The van der Waals surface area contributed by atoms with E-state index in [0.717, 1.165) is 40.6 Å². The van der Waals surface area contributed by atoms with Gasteiger partial charge in [0.05, 0.1) is 11.4 Å². The highest BCUT2D eigenvalue weighted by Crippen LogP contribution is 2.38. The van der Waals surface area contributed by atoms with Crippen LogP contribution >= 0.6 is 0 Å². The molecule has 3 N–H and O–H groups in total. The molecule has 2 fully saturated rings. The zero-order chi connectivity index (χ0) is 24.6. The number of hydrogen-bond donors (Lipinski definition) is 2. The Bertz CT molecular complexity index is 1260. The highest BCUT2D eigenvalue weighted by atomic mass is 16.5. The van der Waals surface area contributed by atoms with Gasteiger partial charge in [0.2, 0.25) is 5.91 Å². The molecule has 1 unspecified atom stereocenters. The number of pyridine rings is 1. The molecular formula is C28H31N3O4. The van der Waals surface area contributed by atoms with Crippen molar-refractivity contribution in [2.24, 2.45) is 11.7 Å². The molecule has 0 radical (unpaired) electrons. The largest absolute Gasteiger partial charge is 0.489 e. The van der Waals surface area contributed by atoms with Gasteiger partial charge in [-0.1, -0.05) is 43.2 Å². The van der Waals surface area contributed by atoms with Crippen molar-refractivity contribution in [3.05, 3.63) is 71.4 Å². The summed E-state index contributed by atoms with van der Waals surface area (Å²) in [5.74, 6) is -0.825. The highest BCUT2D eigenvalue weighted by Gasteiger charge is 2.49. The molecule has 35 heavy (non-hydrogen) atoms. The van der Waals surface area contributed by atoms with Crippen LogP contribution < -0.4 is 10.5 Å². The summed E-state index contributed by atoms with van der Waals surface area (Å²) in [5.41, 5.74) is 9.18. The van der Waals surface area contributed by atoms with Crippen LogP contribution in [-0.4, -0.2) is 39.5 Å². The van der Waals surface area contributed by atoms with E-state index in [1.165, 1.54) is 0 Å². The number of rotatable bonds is 6. The molecule has 1 aliphatic carbocycles. The molecule has 3 aromatic rings. The lowest BCUT2D eigenvalue weighted by molar-refractivity contribution is -0.148. The van der Waals surface area contributed by atoms with Crippen LogP contribution in [0.4, 0.5) is 0 Å². The van der Waals surface area contributed by atoms with Crippen LogP contribution in [0.25, 0.3) is 10.9 Å². The third kappa shape index (κ3) is 4.36. The third-order valence-electron chi connectivity index (χ3n) is 7.53. The lowest BCUT2D eigenvalue weighted by Gasteiger charge is -2.36. The highest BCUT2D eigenvalue weighted by molar-refractivity contribution is 5.90. The number of amides is 1. The fourth-order valence-electron chi connectivity index (χ4n) is 5.64. The Morgan fingerprint density at radius 3 is 2.69 bits per heavy atom. The first-order valence-corrected chi connectivity index (χ1v) is 12.3. The van der Waals surface area contributed by atoms with Gasteiger partial charge in [-0.25, -0.2) is 0 Å². The number of nitrogens with zero attached hydrogens (tertiary/aromatic N) is 2. The first kappa shape index (κ1) is 23.3. The summed E-state index contributed by atoms with van der Waals surface area (Å²) in [6, 6.07) is 17.1. The standard InChI is InChI=1S/C28H31N3O4/c1-18-16-19(22-6-2-4-8-24(22)30-18)17-35-21-12-10-20(11-13-21)28(29)14-15-31(27(28)34)25-9-5-3-7-23(25)26(32)33/h2,4,6,8,10-13,16,23,25H,3,5,7,9,14-15,17,29H2,1H3,(H,32,33)/t23-,25-,28?/m0/s1. The normalized spacial score (nSPS) is 24.6. The zero-order valence-corrected chi connectivity index (χ0v) is 19.9. The predicted octanol–water partition coefficient (Wildman–Crippen LogP) is 4.15. The summed E-state index contributed by atoms with van der Waals surface area (Å²) in [6.07, 6.45) is 3.62. The Labute approximate surface area is 204 Å². The second kappa shape index (κ2) is 9.30. The van der Waals surface area contributed by atoms with E-state index in [4.69, 9.17) is 10.5 Å². The fourth-order valence-corrected chi connectivity index (χ4v) is 5.64. The minimum atomic E-state index is -1.14. The molecular weight excluding hydrogens is 442 g/mol. The second-order valence-electron chi connectivity index (χ2n) is 9.77. The van der Waals surface area contributed by atoms with Gasteiger partial charge in [0.25, 0.3) is 0 Å². The number of carboxylic acids is 1. The predicted molar refractivity (Wildman–Crippen MR) is 133 cm³/mol. The maximum atomic E-state index is 13.4. The van der Waals surface area contributed by atoms with Crippen LogP contribution in [0, 0.1) is 12.8 Å². The summed E-state index contributed by atoms with van der Waals surface area (Å²) in [6.45, 7) is 2.86. The lowest BCUT2D eigenvalue weighted by atomic mass is 9.83. The number of para-hydroxylation sites is 1. The SMILES string of the molecule is Cc1cc(COc2ccc(C3(N)CCN([C@H]4CCCC[C@@H]4C(=O)O)C3=O)cc2)c2ccccc2n1. The van der Waals surface area contributed by atoms with E-state index in [2.05, 4.69) is 4.98 Å². The molecule has 1 amide bonds. The minimum absolute atomic E-state index is 0.178. The van der Waals surface area contributed by atoms with Gasteiger partial charge in [0, 0.05) is 29.2 Å². The quantitative estimate of drug-likeness (QED) is 0.557. The fraction of sp³-hybridized carbons (Fsp3) is 0.393. The van der Waals surface area contributed by atoms with E-state index in [-0.39, 0.29) is 11.9 Å². The molecule has 2 heterocycles. The van der Waals surface area contributed by atoms with E-state index in [0.29, 0.717) is 38.2 Å². The van der Waals surface area contributed by atoms with E-state index >= 15 is 0 Å². The summed E-state index contributed by atoms with van der Waals surface area (Å²) in [5, 5.41) is 10.7. The Morgan fingerprint density at radius 2 is 1.91 bits per heavy atom. The molecule has 7 heteroatoms. The Kier molecular flexibility index (Phi) is 6.19. The second-order valence-corrected chi connectivity index (χ2v) is 9.77. The van der Waals surface area contributed by atoms with Gasteiger partial charge in [-0.3, -0.25) is 14.6 Å². The lowest BCUT2D eigenvalue weighted by Crippen LogP contribution is -2.51.